The minimum Gasteiger partial charge on any atom is -0.493 e. The Labute approximate surface area is 189 Å². The van der Waals surface area contributed by atoms with Crippen molar-refractivity contribution in [2.24, 2.45) is 0 Å². The lowest BCUT2D eigenvalue weighted by Gasteiger charge is -2.11. The van der Waals surface area contributed by atoms with E-state index in [1.807, 2.05) is 30.3 Å². The Bertz CT molecular complexity index is 1090. The minimum atomic E-state index is -0.675. The molecule has 0 fully saturated rings. The summed E-state index contributed by atoms with van der Waals surface area (Å²) in [6.07, 6.45) is 0. The Balaban J connectivity index is 1.73. The van der Waals surface area contributed by atoms with Gasteiger partial charge < -0.3 is 19.5 Å². The number of amides is 1. The van der Waals surface area contributed by atoms with E-state index in [9.17, 15) is 14.4 Å². The van der Waals surface area contributed by atoms with Crippen molar-refractivity contribution >= 4 is 34.2 Å². The maximum absolute atomic E-state index is 12.6. The van der Waals surface area contributed by atoms with Crippen LogP contribution in [0.15, 0.2) is 60.0 Å². The second-order valence-electron chi connectivity index (χ2n) is 6.49. The third kappa shape index (κ3) is 5.53. The van der Waals surface area contributed by atoms with Crippen LogP contribution in [-0.2, 0) is 14.3 Å². The van der Waals surface area contributed by atoms with Crippen molar-refractivity contribution in [1.82, 2.24) is 0 Å². The van der Waals surface area contributed by atoms with E-state index in [0.717, 1.165) is 5.56 Å². The Morgan fingerprint density at radius 1 is 0.875 bits per heavy atom. The van der Waals surface area contributed by atoms with Gasteiger partial charge in [-0.3, -0.25) is 4.79 Å². The van der Waals surface area contributed by atoms with Gasteiger partial charge in [-0.05, 0) is 31.5 Å². The molecule has 0 saturated heterocycles. The zero-order valence-electron chi connectivity index (χ0n) is 17.8. The highest BCUT2D eigenvalue weighted by molar-refractivity contribution is 7.15. The third-order valence-corrected chi connectivity index (χ3v) is 5.24. The quantitative estimate of drug-likeness (QED) is 0.469. The molecular formula is C24H23NO6S. The zero-order valence-corrected chi connectivity index (χ0v) is 18.6. The molecule has 1 heterocycles. The monoisotopic (exact) mass is 453 g/mol. The maximum atomic E-state index is 12.6. The molecule has 32 heavy (non-hydrogen) atoms. The summed E-state index contributed by atoms with van der Waals surface area (Å²) in [6.45, 7) is 3.60. The van der Waals surface area contributed by atoms with Crippen molar-refractivity contribution < 1.29 is 28.6 Å². The molecule has 1 aromatic heterocycles. The number of carbonyl (C=O) groups is 3. The number of carbonyl (C=O) groups excluding carboxylic acids is 3. The molecule has 7 nitrogen and oxygen atoms in total. The van der Waals surface area contributed by atoms with Gasteiger partial charge in [0.1, 0.15) is 21.9 Å². The molecule has 2 aromatic carbocycles. The molecule has 3 aromatic rings. The molecule has 1 N–H and O–H groups in total. The van der Waals surface area contributed by atoms with Crippen LogP contribution in [0.4, 0.5) is 5.00 Å². The van der Waals surface area contributed by atoms with Gasteiger partial charge in [-0.25, -0.2) is 9.59 Å². The van der Waals surface area contributed by atoms with Crippen molar-refractivity contribution in [1.29, 1.82) is 0 Å². The van der Waals surface area contributed by atoms with E-state index in [4.69, 9.17) is 14.2 Å². The van der Waals surface area contributed by atoms with Crippen LogP contribution in [0.1, 0.15) is 34.6 Å². The molecular weight excluding hydrogens is 430 g/mol. The third-order valence-electron chi connectivity index (χ3n) is 4.35. The second-order valence-corrected chi connectivity index (χ2v) is 7.37. The number of esters is 2. The molecule has 0 radical (unpaired) electrons. The maximum Gasteiger partial charge on any atom is 0.342 e. The van der Waals surface area contributed by atoms with Crippen LogP contribution < -0.4 is 10.1 Å². The number of hydrogen-bond donors (Lipinski definition) is 1. The predicted octanol–water partition coefficient (Wildman–Crippen LogP) is 4.79. The van der Waals surface area contributed by atoms with Gasteiger partial charge in [-0.15, -0.1) is 11.3 Å². The lowest BCUT2D eigenvalue weighted by molar-refractivity contribution is -0.119. The Morgan fingerprint density at radius 3 is 2.31 bits per heavy atom. The molecule has 166 valence electrons. The molecule has 0 unspecified atom stereocenters. The van der Waals surface area contributed by atoms with Crippen molar-refractivity contribution in [3.63, 3.8) is 0 Å². The zero-order chi connectivity index (χ0) is 22.9. The van der Waals surface area contributed by atoms with Gasteiger partial charge in [0, 0.05) is 10.9 Å². The topological polar surface area (TPSA) is 90.9 Å². The molecule has 0 bridgehead atoms. The fourth-order valence-electron chi connectivity index (χ4n) is 2.97. The van der Waals surface area contributed by atoms with E-state index < -0.39 is 24.5 Å². The van der Waals surface area contributed by atoms with Crippen molar-refractivity contribution in [3.8, 4) is 16.9 Å². The lowest BCUT2D eigenvalue weighted by Crippen LogP contribution is -2.22. The molecule has 0 aliphatic rings. The normalized spacial score (nSPS) is 10.3. The molecule has 3 rings (SSSR count). The summed E-state index contributed by atoms with van der Waals surface area (Å²) in [5.74, 6) is -1.40. The minimum absolute atomic E-state index is 0.202. The first-order valence-corrected chi connectivity index (χ1v) is 11.0. The molecule has 8 heteroatoms. The number of para-hydroxylation sites is 1. The standard InChI is InChI=1S/C24H23NO6S/c1-3-29-19-13-9-8-12-17(19)23(27)31-14-20(26)25-22-21(24(28)30-4-2)18(15-32-22)16-10-6-5-7-11-16/h5-13,15H,3-4,14H2,1-2H3,(H,25,26). The molecule has 0 aliphatic heterocycles. The lowest BCUT2D eigenvalue weighted by atomic mass is 10.0. The summed E-state index contributed by atoms with van der Waals surface area (Å²) in [4.78, 5) is 37.5. The summed E-state index contributed by atoms with van der Waals surface area (Å²) >= 11 is 1.20. The fraction of sp³-hybridized carbons (Fsp3) is 0.208. The van der Waals surface area contributed by atoms with Gasteiger partial charge in [-0.2, -0.15) is 0 Å². The van der Waals surface area contributed by atoms with E-state index >= 15 is 0 Å². The number of thiophene rings is 1. The van der Waals surface area contributed by atoms with Crippen LogP contribution in [0.25, 0.3) is 11.1 Å². The van der Waals surface area contributed by atoms with Crippen molar-refractivity contribution in [2.45, 2.75) is 13.8 Å². The largest absolute Gasteiger partial charge is 0.493 e. The van der Waals surface area contributed by atoms with Crippen LogP contribution >= 0.6 is 11.3 Å². The number of benzene rings is 2. The summed E-state index contributed by atoms with van der Waals surface area (Å²) in [7, 11) is 0. The highest BCUT2D eigenvalue weighted by Gasteiger charge is 2.23. The number of ether oxygens (including phenoxy) is 3. The first kappa shape index (κ1) is 23.0. The highest BCUT2D eigenvalue weighted by Crippen LogP contribution is 2.36. The van der Waals surface area contributed by atoms with E-state index in [2.05, 4.69) is 5.32 Å². The Kier molecular flexibility index (Phi) is 7.99. The molecule has 0 atom stereocenters. The molecule has 0 spiro atoms. The van der Waals surface area contributed by atoms with E-state index in [1.54, 1.807) is 43.5 Å². The van der Waals surface area contributed by atoms with E-state index in [-0.39, 0.29) is 17.7 Å². The van der Waals surface area contributed by atoms with Crippen LogP contribution in [0, 0.1) is 0 Å². The summed E-state index contributed by atoms with van der Waals surface area (Å²) in [6, 6.07) is 16.0. The van der Waals surface area contributed by atoms with Gasteiger partial charge in [0.15, 0.2) is 6.61 Å². The SMILES string of the molecule is CCOC(=O)c1c(-c2ccccc2)csc1NC(=O)COC(=O)c1ccccc1OCC. The smallest absolute Gasteiger partial charge is 0.342 e. The van der Waals surface area contributed by atoms with Crippen LogP contribution in [0.3, 0.4) is 0 Å². The Morgan fingerprint density at radius 2 is 1.59 bits per heavy atom. The number of anilines is 1. The Hall–Kier alpha value is -3.65. The summed E-state index contributed by atoms with van der Waals surface area (Å²) in [5.41, 5.74) is 1.99. The number of hydrogen-bond acceptors (Lipinski definition) is 7. The van der Waals surface area contributed by atoms with E-state index in [0.29, 0.717) is 22.9 Å². The van der Waals surface area contributed by atoms with Crippen LogP contribution in [-0.4, -0.2) is 37.7 Å². The van der Waals surface area contributed by atoms with Crippen LogP contribution in [0.2, 0.25) is 0 Å². The summed E-state index contributed by atoms with van der Waals surface area (Å²) < 4.78 is 15.7. The van der Waals surface area contributed by atoms with Gasteiger partial charge in [0.2, 0.25) is 0 Å². The highest BCUT2D eigenvalue weighted by atomic mass is 32.1. The average molecular weight is 454 g/mol. The van der Waals surface area contributed by atoms with Crippen molar-refractivity contribution in [2.75, 3.05) is 25.1 Å². The van der Waals surface area contributed by atoms with Crippen LogP contribution in [0.5, 0.6) is 5.75 Å². The summed E-state index contributed by atoms with van der Waals surface area (Å²) in [5, 5.41) is 4.77. The van der Waals surface area contributed by atoms with Gasteiger partial charge in [0.05, 0.1) is 13.2 Å². The average Bonchev–Trinajstić information content (AvgIpc) is 3.22. The number of rotatable bonds is 9. The predicted molar refractivity (Wildman–Crippen MR) is 122 cm³/mol. The van der Waals surface area contributed by atoms with Gasteiger partial charge in [-0.1, -0.05) is 42.5 Å². The van der Waals surface area contributed by atoms with Gasteiger partial charge >= 0.3 is 11.9 Å². The van der Waals surface area contributed by atoms with E-state index in [1.165, 1.54) is 11.3 Å². The second kappa shape index (κ2) is 11.1. The fourth-order valence-corrected chi connectivity index (χ4v) is 3.95. The van der Waals surface area contributed by atoms with Gasteiger partial charge in [0.25, 0.3) is 5.91 Å². The molecule has 0 aliphatic carbocycles. The van der Waals surface area contributed by atoms with Crippen molar-refractivity contribution in [3.05, 3.63) is 71.1 Å². The first-order chi connectivity index (χ1) is 15.5. The molecule has 0 saturated carbocycles. The first-order valence-electron chi connectivity index (χ1n) is 10.1. The molecule has 1 amide bonds. The number of nitrogens with one attached hydrogen (secondary N) is 1.